The molecule has 16 heavy (non-hydrogen) atoms. The molecule has 0 radical (unpaired) electrons. The van der Waals surface area contributed by atoms with Gasteiger partial charge in [-0.05, 0) is 25.5 Å². The van der Waals surface area contributed by atoms with Crippen LogP contribution in [0.1, 0.15) is 38.3 Å². The summed E-state index contributed by atoms with van der Waals surface area (Å²) < 4.78 is 0. The first kappa shape index (κ1) is 13.2. The lowest BCUT2D eigenvalue weighted by molar-refractivity contribution is 0.168. The van der Waals surface area contributed by atoms with E-state index in [1.165, 1.54) is 18.4 Å². The van der Waals surface area contributed by atoms with E-state index in [1.54, 1.807) is 0 Å². The SMILES string of the molecule is CCC(CC)N(C)C(CN)c1ccccc1. The van der Waals surface area contributed by atoms with Crippen LogP contribution < -0.4 is 5.73 Å². The number of benzene rings is 1. The predicted molar refractivity (Wildman–Crippen MR) is 70.4 cm³/mol. The van der Waals surface area contributed by atoms with E-state index in [1.807, 2.05) is 6.07 Å². The van der Waals surface area contributed by atoms with Crippen molar-refractivity contribution in [1.82, 2.24) is 4.90 Å². The van der Waals surface area contributed by atoms with Crippen molar-refractivity contribution >= 4 is 0 Å². The molecule has 0 aliphatic heterocycles. The summed E-state index contributed by atoms with van der Waals surface area (Å²) in [5.74, 6) is 0. The highest BCUT2D eigenvalue weighted by Gasteiger charge is 2.20. The third kappa shape index (κ3) is 3.06. The van der Waals surface area contributed by atoms with Gasteiger partial charge in [-0.25, -0.2) is 0 Å². The lowest BCUT2D eigenvalue weighted by atomic mass is 10.0. The van der Waals surface area contributed by atoms with E-state index in [-0.39, 0.29) is 0 Å². The molecule has 1 aromatic rings. The van der Waals surface area contributed by atoms with Crippen LogP contribution in [0.3, 0.4) is 0 Å². The topological polar surface area (TPSA) is 29.3 Å². The highest BCUT2D eigenvalue weighted by Crippen LogP contribution is 2.22. The second kappa shape index (κ2) is 6.66. The van der Waals surface area contributed by atoms with Crippen molar-refractivity contribution in [3.63, 3.8) is 0 Å². The van der Waals surface area contributed by atoms with E-state index in [4.69, 9.17) is 5.73 Å². The van der Waals surface area contributed by atoms with Crippen molar-refractivity contribution in [3.8, 4) is 0 Å². The number of hydrogen-bond acceptors (Lipinski definition) is 2. The van der Waals surface area contributed by atoms with E-state index in [9.17, 15) is 0 Å². The largest absolute Gasteiger partial charge is 0.329 e. The number of likely N-dealkylation sites (N-methyl/N-ethyl adjacent to an activating group) is 1. The highest BCUT2D eigenvalue weighted by atomic mass is 15.2. The van der Waals surface area contributed by atoms with Crippen molar-refractivity contribution in [2.45, 2.75) is 38.8 Å². The average molecular weight is 220 g/mol. The van der Waals surface area contributed by atoms with Crippen molar-refractivity contribution in [3.05, 3.63) is 35.9 Å². The average Bonchev–Trinajstić information content (AvgIpc) is 2.33. The molecule has 2 nitrogen and oxygen atoms in total. The van der Waals surface area contributed by atoms with E-state index in [0.717, 1.165) is 0 Å². The maximum Gasteiger partial charge on any atom is 0.0470 e. The standard InChI is InChI=1S/C14H24N2/c1-4-13(5-2)16(3)14(11-15)12-9-7-6-8-10-12/h6-10,13-14H,4-5,11,15H2,1-3H3. The molecule has 0 spiro atoms. The van der Waals surface area contributed by atoms with Gasteiger partial charge in [-0.2, -0.15) is 0 Å². The van der Waals surface area contributed by atoms with E-state index in [0.29, 0.717) is 18.6 Å². The van der Waals surface area contributed by atoms with Gasteiger partial charge in [0.05, 0.1) is 0 Å². The fourth-order valence-electron chi connectivity index (χ4n) is 2.33. The molecule has 2 N–H and O–H groups in total. The van der Waals surface area contributed by atoms with Gasteiger partial charge in [-0.15, -0.1) is 0 Å². The van der Waals surface area contributed by atoms with Crippen molar-refractivity contribution < 1.29 is 0 Å². The lowest BCUT2D eigenvalue weighted by Gasteiger charge is -2.33. The summed E-state index contributed by atoms with van der Waals surface area (Å²) in [5, 5.41) is 0. The van der Waals surface area contributed by atoms with Crippen molar-refractivity contribution in [2.24, 2.45) is 5.73 Å². The second-order valence-corrected chi connectivity index (χ2v) is 4.30. The smallest absolute Gasteiger partial charge is 0.0470 e. The molecule has 0 fully saturated rings. The Morgan fingerprint density at radius 3 is 2.12 bits per heavy atom. The first-order valence-corrected chi connectivity index (χ1v) is 6.21. The first-order valence-electron chi connectivity index (χ1n) is 6.21. The van der Waals surface area contributed by atoms with Crippen LogP contribution in [0.4, 0.5) is 0 Å². The monoisotopic (exact) mass is 220 g/mol. The normalized spacial score (nSPS) is 13.4. The third-order valence-electron chi connectivity index (χ3n) is 3.42. The van der Waals surface area contributed by atoms with Crippen LogP contribution in [-0.2, 0) is 0 Å². The molecule has 1 unspecified atom stereocenters. The Morgan fingerprint density at radius 1 is 1.12 bits per heavy atom. The van der Waals surface area contributed by atoms with E-state index >= 15 is 0 Å². The van der Waals surface area contributed by atoms with Gasteiger partial charge in [0, 0.05) is 18.6 Å². The van der Waals surface area contributed by atoms with Gasteiger partial charge in [-0.3, -0.25) is 4.90 Å². The number of nitrogens with two attached hydrogens (primary N) is 1. The number of hydrogen-bond donors (Lipinski definition) is 1. The summed E-state index contributed by atoms with van der Waals surface area (Å²) in [6, 6.07) is 11.5. The molecule has 0 amide bonds. The molecule has 0 saturated carbocycles. The molecule has 0 saturated heterocycles. The van der Waals surface area contributed by atoms with Crippen LogP contribution in [0.15, 0.2) is 30.3 Å². The summed E-state index contributed by atoms with van der Waals surface area (Å²) >= 11 is 0. The molecule has 1 atom stereocenters. The minimum atomic E-state index is 0.339. The third-order valence-corrected chi connectivity index (χ3v) is 3.42. The van der Waals surface area contributed by atoms with Crippen LogP contribution in [0.25, 0.3) is 0 Å². The van der Waals surface area contributed by atoms with Gasteiger partial charge in [-0.1, -0.05) is 44.2 Å². The minimum Gasteiger partial charge on any atom is -0.329 e. The van der Waals surface area contributed by atoms with Gasteiger partial charge in [0.15, 0.2) is 0 Å². The van der Waals surface area contributed by atoms with Crippen LogP contribution in [0.5, 0.6) is 0 Å². The van der Waals surface area contributed by atoms with Gasteiger partial charge < -0.3 is 5.73 Å². The van der Waals surface area contributed by atoms with Crippen molar-refractivity contribution in [2.75, 3.05) is 13.6 Å². The van der Waals surface area contributed by atoms with Crippen LogP contribution in [0.2, 0.25) is 0 Å². The fourth-order valence-corrected chi connectivity index (χ4v) is 2.33. The summed E-state index contributed by atoms with van der Waals surface area (Å²) in [7, 11) is 2.18. The zero-order valence-corrected chi connectivity index (χ0v) is 10.7. The summed E-state index contributed by atoms with van der Waals surface area (Å²) in [4.78, 5) is 2.41. The molecule has 0 aliphatic carbocycles. The summed E-state index contributed by atoms with van der Waals surface area (Å²) in [5.41, 5.74) is 7.23. The van der Waals surface area contributed by atoms with Gasteiger partial charge in [0.25, 0.3) is 0 Å². The Hall–Kier alpha value is -0.860. The maximum absolute atomic E-state index is 5.91. The Balaban J connectivity index is 2.82. The second-order valence-electron chi connectivity index (χ2n) is 4.30. The summed E-state index contributed by atoms with van der Waals surface area (Å²) in [6.07, 6.45) is 2.35. The van der Waals surface area contributed by atoms with E-state index < -0.39 is 0 Å². The predicted octanol–water partition coefficient (Wildman–Crippen LogP) is 2.81. The molecule has 0 heterocycles. The van der Waals surface area contributed by atoms with Gasteiger partial charge in [0.2, 0.25) is 0 Å². The van der Waals surface area contributed by atoms with Crippen LogP contribution in [0, 0.1) is 0 Å². The lowest BCUT2D eigenvalue weighted by Crippen LogP contribution is -2.38. The number of rotatable bonds is 6. The minimum absolute atomic E-state index is 0.339. The van der Waals surface area contributed by atoms with E-state index in [2.05, 4.69) is 50.1 Å². The molecule has 0 bridgehead atoms. The molecule has 1 aromatic carbocycles. The van der Waals surface area contributed by atoms with Gasteiger partial charge in [0.1, 0.15) is 0 Å². The molecule has 2 heteroatoms. The molecular weight excluding hydrogens is 196 g/mol. The van der Waals surface area contributed by atoms with Crippen molar-refractivity contribution in [1.29, 1.82) is 0 Å². The van der Waals surface area contributed by atoms with Crippen LogP contribution in [-0.4, -0.2) is 24.5 Å². The number of nitrogens with zero attached hydrogens (tertiary/aromatic N) is 1. The van der Waals surface area contributed by atoms with Gasteiger partial charge >= 0.3 is 0 Å². The zero-order valence-electron chi connectivity index (χ0n) is 10.7. The molecule has 0 aromatic heterocycles. The molecule has 1 rings (SSSR count). The highest BCUT2D eigenvalue weighted by molar-refractivity contribution is 5.19. The molecular formula is C14H24N2. The maximum atomic E-state index is 5.91. The molecule has 0 aliphatic rings. The summed E-state index contributed by atoms with van der Waals surface area (Å²) in [6.45, 7) is 5.16. The Labute approximate surface area is 99.5 Å². The quantitative estimate of drug-likeness (QED) is 0.798. The van der Waals surface area contributed by atoms with Crippen LogP contribution >= 0.6 is 0 Å². The first-order chi connectivity index (χ1) is 7.74. The zero-order chi connectivity index (χ0) is 12.0. The Morgan fingerprint density at radius 2 is 1.69 bits per heavy atom. The fraction of sp³-hybridized carbons (Fsp3) is 0.571. The molecule has 90 valence electrons. The Kier molecular flexibility index (Phi) is 5.50. The Bertz CT molecular complexity index is 280.